The predicted molar refractivity (Wildman–Crippen MR) is 101 cm³/mol. The van der Waals surface area contributed by atoms with Gasteiger partial charge in [-0.15, -0.1) is 0 Å². The first kappa shape index (κ1) is 16.6. The lowest BCUT2D eigenvalue weighted by Gasteiger charge is -2.17. The van der Waals surface area contributed by atoms with E-state index in [0.717, 1.165) is 30.0 Å². The van der Waals surface area contributed by atoms with Crippen LogP contribution in [-0.4, -0.2) is 36.0 Å². The molecule has 1 aliphatic carbocycles. The lowest BCUT2D eigenvalue weighted by atomic mass is 10.1. The van der Waals surface area contributed by atoms with Crippen LogP contribution in [0.4, 0.5) is 0 Å². The van der Waals surface area contributed by atoms with Gasteiger partial charge < -0.3 is 10.1 Å². The molecule has 1 atom stereocenters. The highest BCUT2D eigenvalue weighted by molar-refractivity contribution is 9.10. The molecule has 1 saturated carbocycles. The molecule has 1 heterocycles. The molecule has 1 N–H and O–H groups in total. The summed E-state index contributed by atoms with van der Waals surface area (Å²) in [6.45, 7) is 2.05. The zero-order valence-electron chi connectivity index (χ0n) is 14.0. The number of carbonyl (C=O) groups is 1. The zero-order chi connectivity index (χ0) is 17.2. The highest BCUT2D eigenvalue weighted by Crippen LogP contribution is 2.30. The van der Waals surface area contributed by atoms with Crippen molar-refractivity contribution in [3.8, 4) is 11.5 Å². The van der Waals surface area contributed by atoms with Crippen molar-refractivity contribution in [1.29, 1.82) is 0 Å². The summed E-state index contributed by atoms with van der Waals surface area (Å²) in [7, 11) is 0. The molecular weight excluding hydrogens is 380 g/mol. The molecule has 0 aromatic heterocycles. The maximum atomic E-state index is 12.8. The van der Waals surface area contributed by atoms with E-state index in [1.54, 1.807) is 0 Å². The maximum absolute atomic E-state index is 12.8. The number of hydrogen-bond acceptors (Lipinski definition) is 3. The van der Waals surface area contributed by atoms with Crippen LogP contribution in [0.25, 0.3) is 0 Å². The molecule has 4 rings (SSSR count). The number of likely N-dealkylation sites (tertiary alicyclic amines) is 1. The summed E-state index contributed by atoms with van der Waals surface area (Å²) in [5, 5.41) is 3.18. The Bertz CT molecular complexity index is 776. The fourth-order valence-corrected chi connectivity index (χ4v) is 3.72. The average Bonchev–Trinajstić information content (AvgIpc) is 3.35. The van der Waals surface area contributed by atoms with E-state index in [4.69, 9.17) is 4.74 Å². The fraction of sp³-hybridized carbons (Fsp3) is 0.350. The van der Waals surface area contributed by atoms with E-state index < -0.39 is 0 Å². The third-order valence-electron chi connectivity index (χ3n) is 4.77. The minimum Gasteiger partial charge on any atom is -0.456 e. The van der Waals surface area contributed by atoms with Crippen LogP contribution in [0.1, 0.15) is 29.6 Å². The number of ether oxygens (including phenoxy) is 1. The smallest absolute Gasteiger partial charge is 0.255 e. The molecule has 0 bridgehead atoms. The number of rotatable bonds is 5. The molecule has 25 heavy (non-hydrogen) atoms. The number of benzene rings is 2. The van der Waals surface area contributed by atoms with Crippen LogP contribution in [0.3, 0.4) is 0 Å². The summed E-state index contributed by atoms with van der Waals surface area (Å²) < 4.78 is 6.89. The van der Waals surface area contributed by atoms with Crippen LogP contribution in [0.2, 0.25) is 0 Å². The van der Waals surface area contributed by atoms with Crippen molar-refractivity contribution in [1.82, 2.24) is 10.2 Å². The van der Waals surface area contributed by atoms with Gasteiger partial charge in [0, 0.05) is 29.6 Å². The molecule has 2 aliphatic rings. The molecular formula is C20H21BrN2O2. The van der Waals surface area contributed by atoms with Crippen molar-refractivity contribution in [3.63, 3.8) is 0 Å². The van der Waals surface area contributed by atoms with E-state index in [2.05, 4.69) is 26.1 Å². The number of halogens is 1. The number of amides is 1. The van der Waals surface area contributed by atoms with Gasteiger partial charge in [0.25, 0.3) is 5.91 Å². The van der Waals surface area contributed by atoms with Crippen LogP contribution in [-0.2, 0) is 0 Å². The lowest BCUT2D eigenvalue weighted by molar-refractivity contribution is 0.0935. The van der Waals surface area contributed by atoms with Crippen molar-refractivity contribution in [2.24, 2.45) is 0 Å². The first-order chi connectivity index (χ1) is 12.2. The molecule has 2 aromatic carbocycles. The Morgan fingerprint density at radius 2 is 1.96 bits per heavy atom. The summed E-state index contributed by atoms with van der Waals surface area (Å²) in [5.41, 5.74) is 0.576. The second kappa shape index (κ2) is 7.18. The third kappa shape index (κ3) is 4.05. The number of nitrogens with one attached hydrogen (secondary N) is 1. The Balaban J connectivity index is 1.45. The minimum absolute atomic E-state index is 0.0618. The van der Waals surface area contributed by atoms with E-state index in [9.17, 15) is 4.79 Å². The van der Waals surface area contributed by atoms with Gasteiger partial charge in [-0.25, -0.2) is 0 Å². The fourth-order valence-electron chi connectivity index (χ4n) is 3.34. The van der Waals surface area contributed by atoms with Gasteiger partial charge in [-0.3, -0.25) is 9.69 Å². The van der Waals surface area contributed by atoms with E-state index in [1.807, 2.05) is 48.5 Å². The average molecular weight is 401 g/mol. The molecule has 0 radical (unpaired) electrons. The van der Waals surface area contributed by atoms with Gasteiger partial charge >= 0.3 is 0 Å². The summed E-state index contributed by atoms with van der Waals surface area (Å²) >= 11 is 3.44. The standard InChI is InChI=1S/C20H21BrN2O2/c21-14-4-3-5-17(12-14)25-19-7-2-1-6-18(19)20(24)22-15-10-11-23(13-15)16-8-9-16/h1-7,12,15-16H,8-11,13H2,(H,22,24). The van der Waals surface area contributed by atoms with E-state index >= 15 is 0 Å². The van der Waals surface area contributed by atoms with Crippen molar-refractivity contribution in [3.05, 3.63) is 58.6 Å². The van der Waals surface area contributed by atoms with Gasteiger partial charge in [-0.05, 0) is 49.6 Å². The normalized spacial score (nSPS) is 20.4. The first-order valence-electron chi connectivity index (χ1n) is 8.76. The Labute approximate surface area is 156 Å². The van der Waals surface area contributed by atoms with Gasteiger partial charge in [0.2, 0.25) is 0 Å². The number of nitrogens with zero attached hydrogens (tertiary/aromatic N) is 1. The second-order valence-corrected chi connectivity index (χ2v) is 7.66. The van der Waals surface area contributed by atoms with Crippen molar-refractivity contribution in [2.45, 2.75) is 31.3 Å². The largest absolute Gasteiger partial charge is 0.456 e. The van der Waals surface area contributed by atoms with E-state index in [-0.39, 0.29) is 11.9 Å². The summed E-state index contributed by atoms with van der Waals surface area (Å²) in [6.07, 6.45) is 3.64. The second-order valence-electron chi connectivity index (χ2n) is 6.74. The molecule has 1 saturated heterocycles. The Morgan fingerprint density at radius 3 is 2.76 bits per heavy atom. The quantitative estimate of drug-likeness (QED) is 0.816. The SMILES string of the molecule is O=C(NC1CCN(C2CC2)C1)c1ccccc1Oc1cccc(Br)c1. The summed E-state index contributed by atoms with van der Waals surface area (Å²) in [6, 6.07) is 16.0. The van der Waals surface area contributed by atoms with Gasteiger partial charge in [0.05, 0.1) is 5.56 Å². The van der Waals surface area contributed by atoms with E-state index in [0.29, 0.717) is 17.1 Å². The van der Waals surface area contributed by atoms with Gasteiger partial charge in [0.15, 0.2) is 0 Å². The van der Waals surface area contributed by atoms with Gasteiger partial charge in [-0.1, -0.05) is 34.1 Å². The Kier molecular flexibility index (Phi) is 4.77. The zero-order valence-corrected chi connectivity index (χ0v) is 15.5. The van der Waals surface area contributed by atoms with Crippen molar-refractivity contribution in [2.75, 3.05) is 13.1 Å². The first-order valence-corrected chi connectivity index (χ1v) is 9.56. The Hall–Kier alpha value is -1.85. The molecule has 1 aliphatic heterocycles. The highest BCUT2D eigenvalue weighted by Gasteiger charge is 2.35. The lowest BCUT2D eigenvalue weighted by Crippen LogP contribution is -2.37. The van der Waals surface area contributed by atoms with Crippen LogP contribution < -0.4 is 10.1 Å². The van der Waals surface area contributed by atoms with E-state index in [1.165, 1.54) is 12.8 Å². The number of para-hydroxylation sites is 1. The maximum Gasteiger partial charge on any atom is 0.255 e. The molecule has 130 valence electrons. The molecule has 2 fully saturated rings. The van der Waals surface area contributed by atoms with Crippen LogP contribution in [0.15, 0.2) is 53.0 Å². The minimum atomic E-state index is -0.0618. The van der Waals surface area contributed by atoms with Gasteiger partial charge in [0.1, 0.15) is 11.5 Å². The van der Waals surface area contributed by atoms with Crippen LogP contribution in [0, 0.1) is 0 Å². The molecule has 4 nitrogen and oxygen atoms in total. The molecule has 5 heteroatoms. The topological polar surface area (TPSA) is 41.6 Å². The summed E-state index contributed by atoms with van der Waals surface area (Å²) in [4.78, 5) is 15.2. The van der Waals surface area contributed by atoms with Crippen LogP contribution in [0.5, 0.6) is 11.5 Å². The molecule has 1 unspecified atom stereocenters. The summed E-state index contributed by atoms with van der Waals surface area (Å²) in [5.74, 6) is 1.22. The molecule has 2 aromatic rings. The van der Waals surface area contributed by atoms with Crippen LogP contribution >= 0.6 is 15.9 Å². The third-order valence-corrected chi connectivity index (χ3v) is 5.27. The van der Waals surface area contributed by atoms with Crippen molar-refractivity contribution < 1.29 is 9.53 Å². The Morgan fingerprint density at radius 1 is 1.12 bits per heavy atom. The predicted octanol–water partition coefficient (Wildman–Crippen LogP) is 4.21. The number of hydrogen-bond donors (Lipinski definition) is 1. The monoisotopic (exact) mass is 400 g/mol. The number of carbonyl (C=O) groups excluding carboxylic acids is 1. The van der Waals surface area contributed by atoms with Gasteiger partial charge in [-0.2, -0.15) is 0 Å². The molecule has 1 amide bonds. The molecule has 0 spiro atoms. The van der Waals surface area contributed by atoms with Crippen molar-refractivity contribution >= 4 is 21.8 Å². The highest BCUT2D eigenvalue weighted by atomic mass is 79.9.